The van der Waals surface area contributed by atoms with Gasteiger partial charge in [0.2, 0.25) is 0 Å². The van der Waals surface area contributed by atoms with E-state index in [1.807, 2.05) is 66.0 Å². The van der Waals surface area contributed by atoms with Gasteiger partial charge in [-0.05, 0) is 42.8 Å². The highest BCUT2D eigenvalue weighted by molar-refractivity contribution is 8.19. The van der Waals surface area contributed by atoms with Crippen LogP contribution in [0.25, 0.3) is 0 Å². The van der Waals surface area contributed by atoms with E-state index in [1.54, 1.807) is 0 Å². The van der Waals surface area contributed by atoms with Crippen molar-refractivity contribution in [3.8, 4) is 0 Å². The fourth-order valence-corrected chi connectivity index (χ4v) is 8.18. The molecule has 0 aromatic heterocycles. The van der Waals surface area contributed by atoms with Gasteiger partial charge in [-0.1, -0.05) is 54.6 Å². The van der Waals surface area contributed by atoms with E-state index in [4.69, 9.17) is 0 Å². The summed E-state index contributed by atoms with van der Waals surface area (Å²) in [4.78, 5) is 3.40. The van der Waals surface area contributed by atoms with Crippen LogP contribution in [-0.4, -0.2) is 13.5 Å². The van der Waals surface area contributed by atoms with Crippen LogP contribution in [0.3, 0.4) is 0 Å². The molecule has 1 fully saturated rings. The third kappa shape index (κ3) is 3.86. The Morgan fingerprint density at radius 2 is 1.16 bits per heavy atom. The molecule has 0 saturated heterocycles. The average molecular weight is 383 g/mol. The second kappa shape index (κ2) is 7.40. The molecule has 0 radical (unpaired) electrons. The first-order valence-electron chi connectivity index (χ1n) is 8.21. The second-order valence-corrected chi connectivity index (χ2v) is 10.6. The minimum Gasteiger partial charge on any atom is -0.254 e. The van der Waals surface area contributed by atoms with Crippen molar-refractivity contribution in [3.63, 3.8) is 0 Å². The molecule has 1 saturated carbocycles. The van der Waals surface area contributed by atoms with Gasteiger partial charge in [-0.3, -0.25) is 4.21 Å². The van der Waals surface area contributed by atoms with Gasteiger partial charge in [-0.25, -0.2) is 0 Å². The number of benzene rings is 3. The van der Waals surface area contributed by atoms with Gasteiger partial charge in [0.05, 0.1) is 20.1 Å². The van der Waals surface area contributed by atoms with Crippen LogP contribution in [0.1, 0.15) is 6.42 Å². The Bertz CT molecular complexity index is 809. The van der Waals surface area contributed by atoms with Crippen molar-refractivity contribution >= 4 is 34.3 Å². The van der Waals surface area contributed by atoms with E-state index < -0.39 is 10.8 Å². The van der Waals surface area contributed by atoms with Crippen LogP contribution < -0.4 is 0 Å². The fraction of sp³-hybridized carbons (Fsp3) is 0.143. The molecule has 3 aromatic rings. The zero-order valence-corrected chi connectivity index (χ0v) is 16.0. The standard InChI is InChI=1S/C21H18OS3/c22-25(19-14-8-3-9-15-19)20-16-21(20,23-17-10-4-1-5-11-17)24-18-12-6-2-7-13-18/h1-15,20H,16H2/t20-,25?/m1/s1. The molecular weight excluding hydrogens is 364 g/mol. The molecule has 1 nitrogen and oxygen atoms in total. The van der Waals surface area contributed by atoms with Gasteiger partial charge in [-0.15, -0.1) is 23.5 Å². The van der Waals surface area contributed by atoms with E-state index in [1.165, 1.54) is 9.79 Å². The summed E-state index contributed by atoms with van der Waals surface area (Å²) < 4.78 is 13.0. The third-order valence-electron chi connectivity index (χ3n) is 4.10. The van der Waals surface area contributed by atoms with Gasteiger partial charge >= 0.3 is 0 Å². The first-order valence-corrected chi connectivity index (χ1v) is 11.1. The highest BCUT2D eigenvalue weighted by Crippen LogP contribution is 2.64. The van der Waals surface area contributed by atoms with Crippen molar-refractivity contribution in [2.75, 3.05) is 0 Å². The van der Waals surface area contributed by atoms with Gasteiger partial charge in [-0.2, -0.15) is 0 Å². The number of hydrogen-bond acceptors (Lipinski definition) is 3. The Hall–Kier alpha value is -1.49. The summed E-state index contributed by atoms with van der Waals surface area (Å²) in [6.07, 6.45) is 0.952. The number of hydrogen-bond donors (Lipinski definition) is 0. The summed E-state index contributed by atoms with van der Waals surface area (Å²) in [6.45, 7) is 0. The molecule has 4 rings (SSSR count). The lowest BCUT2D eigenvalue weighted by atomic mass is 10.4. The lowest BCUT2D eigenvalue weighted by Gasteiger charge is -2.17. The molecule has 25 heavy (non-hydrogen) atoms. The van der Waals surface area contributed by atoms with E-state index in [0.29, 0.717) is 0 Å². The molecule has 0 aliphatic heterocycles. The predicted octanol–water partition coefficient (Wildman–Crippen LogP) is 5.85. The highest BCUT2D eigenvalue weighted by atomic mass is 32.2. The van der Waals surface area contributed by atoms with Crippen LogP contribution in [0.2, 0.25) is 0 Å². The molecule has 0 amide bonds. The van der Waals surface area contributed by atoms with Crippen molar-refractivity contribution < 1.29 is 4.21 Å². The van der Waals surface area contributed by atoms with Crippen LogP contribution >= 0.6 is 23.5 Å². The molecule has 0 heterocycles. The maximum Gasteiger partial charge on any atom is 0.0864 e. The van der Waals surface area contributed by atoms with Crippen molar-refractivity contribution in [2.24, 2.45) is 0 Å². The number of rotatable bonds is 6. The van der Waals surface area contributed by atoms with E-state index in [-0.39, 0.29) is 9.33 Å². The molecular formula is C21H18OS3. The second-order valence-electron chi connectivity index (χ2n) is 5.95. The summed E-state index contributed by atoms with van der Waals surface area (Å²) in [5, 5.41) is 0.158. The van der Waals surface area contributed by atoms with E-state index >= 15 is 0 Å². The van der Waals surface area contributed by atoms with E-state index in [0.717, 1.165) is 11.3 Å². The Morgan fingerprint density at radius 1 is 0.720 bits per heavy atom. The van der Waals surface area contributed by atoms with Gasteiger partial charge in [0, 0.05) is 14.7 Å². The van der Waals surface area contributed by atoms with E-state index in [9.17, 15) is 4.21 Å². The molecule has 126 valence electrons. The van der Waals surface area contributed by atoms with Crippen molar-refractivity contribution in [2.45, 2.75) is 30.4 Å². The quantitative estimate of drug-likeness (QED) is 0.498. The van der Waals surface area contributed by atoms with Crippen LogP contribution in [0, 0.1) is 0 Å². The maximum absolute atomic E-state index is 13.1. The lowest BCUT2D eigenvalue weighted by Crippen LogP contribution is -2.10. The van der Waals surface area contributed by atoms with Crippen LogP contribution in [0.4, 0.5) is 0 Å². The first-order chi connectivity index (χ1) is 12.3. The van der Waals surface area contributed by atoms with Crippen LogP contribution in [-0.2, 0) is 10.8 Å². The summed E-state index contributed by atoms with van der Waals surface area (Å²) in [5.74, 6) is 0. The van der Waals surface area contributed by atoms with Gasteiger partial charge in [0.1, 0.15) is 0 Å². The Morgan fingerprint density at radius 3 is 1.64 bits per heavy atom. The minimum atomic E-state index is -0.982. The highest BCUT2D eigenvalue weighted by Gasteiger charge is 2.59. The van der Waals surface area contributed by atoms with Crippen molar-refractivity contribution in [1.29, 1.82) is 0 Å². The Labute approximate surface area is 159 Å². The van der Waals surface area contributed by atoms with Gasteiger partial charge in [0.25, 0.3) is 0 Å². The zero-order chi connectivity index (χ0) is 17.1. The zero-order valence-electron chi connectivity index (χ0n) is 13.6. The topological polar surface area (TPSA) is 17.1 Å². The van der Waals surface area contributed by atoms with E-state index in [2.05, 4.69) is 48.5 Å². The summed E-state index contributed by atoms with van der Waals surface area (Å²) in [7, 11) is -0.982. The summed E-state index contributed by atoms with van der Waals surface area (Å²) in [6, 6.07) is 30.7. The maximum atomic E-state index is 13.1. The SMILES string of the molecule is O=S(c1ccccc1)[C@@H]1CC1(Sc1ccccc1)Sc1ccccc1. The van der Waals surface area contributed by atoms with Crippen LogP contribution in [0.5, 0.6) is 0 Å². The Balaban J connectivity index is 1.61. The largest absolute Gasteiger partial charge is 0.254 e. The Kier molecular flexibility index (Phi) is 5.02. The summed E-state index contributed by atoms with van der Waals surface area (Å²) >= 11 is 3.71. The number of thioether (sulfide) groups is 2. The predicted molar refractivity (Wildman–Crippen MR) is 109 cm³/mol. The van der Waals surface area contributed by atoms with Crippen molar-refractivity contribution in [1.82, 2.24) is 0 Å². The minimum absolute atomic E-state index is 0.0661. The molecule has 3 aromatic carbocycles. The molecule has 1 aliphatic rings. The van der Waals surface area contributed by atoms with Gasteiger partial charge in [0.15, 0.2) is 0 Å². The third-order valence-corrected chi connectivity index (χ3v) is 9.33. The molecule has 1 unspecified atom stereocenters. The fourth-order valence-electron chi connectivity index (χ4n) is 2.77. The average Bonchev–Trinajstić information content (AvgIpc) is 3.36. The molecule has 0 spiro atoms. The lowest BCUT2D eigenvalue weighted by molar-refractivity contribution is 0.682. The van der Waals surface area contributed by atoms with Crippen molar-refractivity contribution in [3.05, 3.63) is 91.0 Å². The van der Waals surface area contributed by atoms with Crippen LogP contribution in [0.15, 0.2) is 106 Å². The summed E-state index contributed by atoms with van der Waals surface area (Å²) in [5.41, 5.74) is 0. The molecule has 0 bridgehead atoms. The molecule has 4 heteroatoms. The monoisotopic (exact) mass is 382 g/mol. The first kappa shape index (κ1) is 17.0. The normalized spacial score (nSPS) is 19.3. The van der Waals surface area contributed by atoms with Gasteiger partial charge < -0.3 is 0 Å². The molecule has 1 aliphatic carbocycles. The molecule has 0 N–H and O–H groups in total. The molecule has 2 atom stereocenters. The smallest absolute Gasteiger partial charge is 0.0864 e.